The van der Waals surface area contributed by atoms with E-state index in [-0.39, 0.29) is 6.04 Å². The number of fused-ring (bicyclic) bond motifs is 2. The average molecular weight is 321 g/mol. The molecular weight excluding hydrogens is 298 g/mol. The molecule has 4 heteroatoms. The van der Waals surface area contributed by atoms with E-state index in [0.29, 0.717) is 18.5 Å². The van der Waals surface area contributed by atoms with Crippen molar-refractivity contribution in [3.05, 3.63) is 65.2 Å². The molecule has 0 amide bonds. The molecule has 1 atom stereocenters. The molecule has 0 aromatic heterocycles. The van der Waals surface area contributed by atoms with Gasteiger partial charge in [0.2, 0.25) is 0 Å². The molecular formula is C20H23N3O. The third kappa shape index (κ3) is 3.09. The van der Waals surface area contributed by atoms with Crippen LogP contribution in [0.2, 0.25) is 0 Å². The summed E-state index contributed by atoms with van der Waals surface area (Å²) in [5, 5.41) is 3.37. The maximum absolute atomic E-state index is 6.14. The number of hydrogen-bond acceptors (Lipinski definition) is 2. The van der Waals surface area contributed by atoms with Crippen molar-refractivity contribution in [2.75, 3.05) is 13.2 Å². The third-order valence-electron chi connectivity index (χ3n) is 4.94. The molecule has 2 aromatic carbocycles. The van der Waals surface area contributed by atoms with Crippen molar-refractivity contribution in [1.82, 2.24) is 5.32 Å². The van der Waals surface area contributed by atoms with Gasteiger partial charge in [0, 0.05) is 18.5 Å². The Balaban J connectivity index is 1.37. The van der Waals surface area contributed by atoms with Gasteiger partial charge in [-0.1, -0.05) is 42.5 Å². The van der Waals surface area contributed by atoms with Crippen LogP contribution in [0.4, 0.5) is 0 Å². The fourth-order valence-corrected chi connectivity index (χ4v) is 3.72. The molecule has 1 aliphatic carbocycles. The second-order valence-corrected chi connectivity index (χ2v) is 6.64. The van der Waals surface area contributed by atoms with Crippen molar-refractivity contribution in [2.24, 2.45) is 16.6 Å². The first-order valence-corrected chi connectivity index (χ1v) is 8.64. The maximum Gasteiger partial charge on any atom is 0.189 e. The van der Waals surface area contributed by atoms with Crippen molar-refractivity contribution >= 4 is 5.96 Å². The van der Waals surface area contributed by atoms with Crippen molar-refractivity contribution in [3.63, 3.8) is 0 Å². The number of aliphatic imine (C=N–C) groups is 1. The van der Waals surface area contributed by atoms with Crippen LogP contribution in [0, 0.1) is 5.92 Å². The van der Waals surface area contributed by atoms with E-state index in [4.69, 9.17) is 10.5 Å². The van der Waals surface area contributed by atoms with Crippen LogP contribution in [0.3, 0.4) is 0 Å². The number of nitrogens with two attached hydrogens (primary N) is 1. The fourth-order valence-electron chi connectivity index (χ4n) is 3.72. The molecule has 0 saturated heterocycles. The Labute approximate surface area is 142 Å². The number of ether oxygens (including phenoxy) is 1. The molecule has 0 bridgehead atoms. The standard InChI is InChI=1S/C20H23N3O/c21-20(22-13-14-11-15-5-1-2-6-16(15)12-14)23-18-9-10-24-19-8-4-3-7-17(18)19/h1-8,14,18H,9-13H2,(H3,21,22,23). The lowest BCUT2D eigenvalue weighted by atomic mass is 10.0. The predicted molar refractivity (Wildman–Crippen MR) is 96.3 cm³/mol. The molecule has 0 radical (unpaired) electrons. The highest BCUT2D eigenvalue weighted by Crippen LogP contribution is 2.31. The van der Waals surface area contributed by atoms with E-state index in [1.807, 2.05) is 18.2 Å². The normalized spacial score (nSPS) is 20.2. The maximum atomic E-state index is 6.14. The van der Waals surface area contributed by atoms with Crippen LogP contribution >= 0.6 is 0 Å². The molecule has 124 valence electrons. The number of guanidine groups is 1. The summed E-state index contributed by atoms with van der Waals surface area (Å²) >= 11 is 0. The van der Waals surface area contributed by atoms with Crippen LogP contribution < -0.4 is 15.8 Å². The van der Waals surface area contributed by atoms with Crippen LogP contribution in [0.5, 0.6) is 5.75 Å². The van der Waals surface area contributed by atoms with Gasteiger partial charge in [-0.15, -0.1) is 0 Å². The van der Waals surface area contributed by atoms with E-state index < -0.39 is 0 Å². The average Bonchev–Trinajstić information content (AvgIpc) is 3.03. The number of nitrogens with one attached hydrogen (secondary N) is 1. The summed E-state index contributed by atoms with van der Waals surface area (Å²) < 4.78 is 5.69. The van der Waals surface area contributed by atoms with Crippen molar-refractivity contribution in [3.8, 4) is 5.75 Å². The van der Waals surface area contributed by atoms with Crippen LogP contribution in [0.25, 0.3) is 0 Å². The first-order chi connectivity index (χ1) is 11.8. The minimum Gasteiger partial charge on any atom is -0.493 e. The molecule has 24 heavy (non-hydrogen) atoms. The Morgan fingerprint density at radius 3 is 2.58 bits per heavy atom. The Kier molecular flexibility index (Phi) is 4.11. The number of para-hydroxylation sites is 1. The lowest BCUT2D eigenvalue weighted by molar-refractivity contribution is 0.262. The SMILES string of the molecule is NC(=NCC1Cc2ccccc2C1)NC1CCOc2ccccc21. The minimum absolute atomic E-state index is 0.180. The summed E-state index contributed by atoms with van der Waals surface area (Å²) in [4.78, 5) is 4.60. The summed E-state index contributed by atoms with van der Waals surface area (Å²) in [6.45, 7) is 1.48. The first-order valence-electron chi connectivity index (χ1n) is 8.64. The summed E-state index contributed by atoms with van der Waals surface area (Å²) in [6.07, 6.45) is 3.11. The zero-order chi connectivity index (χ0) is 16.4. The molecule has 1 unspecified atom stereocenters. The summed E-state index contributed by atoms with van der Waals surface area (Å²) in [5.41, 5.74) is 10.2. The second-order valence-electron chi connectivity index (χ2n) is 6.64. The molecule has 0 fully saturated rings. The lowest BCUT2D eigenvalue weighted by Gasteiger charge is -2.27. The Morgan fingerprint density at radius 2 is 1.79 bits per heavy atom. The second kappa shape index (κ2) is 6.56. The van der Waals surface area contributed by atoms with Gasteiger partial charge >= 0.3 is 0 Å². The van der Waals surface area contributed by atoms with Gasteiger partial charge in [-0.2, -0.15) is 0 Å². The van der Waals surface area contributed by atoms with Gasteiger partial charge in [-0.25, -0.2) is 0 Å². The largest absolute Gasteiger partial charge is 0.493 e. The number of rotatable bonds is 3. The van der Waals surface area contributed by atoms with Gasteiger partial charge in [0.15, 0.2) is 5.96 Å². The first kappa shape index (κ1) is 15.1. The lowest BCUT2D eigenvalue weighted by Crippen LogP contribution is -2.37. The molecule has 4 nitrogen and oxygen atoms in total. The van der Waals surface area contributed by atoms with E-state index in [9.17, 15) is 0 Å². The van der Waals surface area contributed by atoms with Gasteiger partial charge in [0.1, 0.15) is 5.75 Å². The van der Waals surface area contributed by atoms with E-state index >= 15 is 0 Å². The molecule has 1 aliphatic heterocycles. The summed E-state index contributed by atoms with van der Waals surface area (Å²) in [7, 11) is 0. The Hall–Kier alpha value is -2.49. The minimum atomic E-state index is 0.180. The zero-order valence-electron chi connectivity index (χ0n) is 13.7. The van der Waals surface area contributed by atoms with E-state index in [1.54, 1.807) is 0 Å². The van der Waals surface area contributed by atoms with Crippen LogP contribution in [0.15, 0.2) is 53.5 Å². The smallest absolute Gasteiger partial charge is 0.189 e. The Morgan fingerprint density at radius 1 is 1.08 bits per heavy atom. The topological polar surface area (TPSA) is 59.6 Å². The molecule has 2 aromatic rings. The third-order valence-corrected chi connectivity index (χ3v) is 4.94. The number of nitrogens with zero attached hydrogens (tertiary/aromatic N) is 1. The highest BCUT2D eigenvalue weighted by molar-refractivity contribution is 5.78. The Bertz CT molecular complexity index is 731. The summed E-state index contributed by atoms with van der Waals surface area (Å²) in [5.74, 6) is 2.04. The highest BCUT2D eigenvalue weighted by Gasteiger charge is 2.22. The van der Waals surface area contributed by atoms with Crippen LogP contribution in [0.1, 0.15) is 29.2 Å². The predicted octanol–water partition coefficient (Wildman–Crippen LogP) is 2.83. The monoisotopic (exact) mass is 321 g/mol. The molecule has 0 saturated carbocycles. The quantitative estimate of drug-likeness (QED) is 0.675. The molecule has 0 spiro atoms. The van der Waals surface area contributed by atoms with Gasteiger partial charge in [-0.3, -0.25) is 4.99 Å². The van der Waals surface area contributed by atoms with Crippen molar-refractivity contribution in [2.45, 2.75) is 25.3 Å². The molecule has 4 rings (SSSR count). The highest BCUT2D eigenvalue weighted by atomic mass is 16.5. The fraction of sp³-hybridized carbons (Fsp3) is 0.350. The van der Waals surface area contributed by atoms with E-state index in [0.717, 1.165) is 37.1 Å². The number of benzene rings is 2. The molecule has 2 aliphatic rings. The van der Waals surface area contributed by atoms with Crippen molar-refractivity contribution in [1.29, 1.82) is 0 Å². The molecule has 3 N–H and O–H groups in total. The van der Waals surface area contributed by atoms with Gasteiger partial charge in [0.05, 0.1) is 12.6 Å². The van der Waals surface area contributed by atoms with Crippen LogP contribution in [-0.2, 0) is 12.8 Å². The van der Waals surface area contributed by atoms with Crippen LogP contribution in [-0.4, -0.2) is 19.1 Å². The van der Waals surface area contributed by atoms with Gasteiger partial charge in [-0.05, 0) is 36.0 Å². The van der Waals surface area contributed by atoms with E-state index in [2.05, 4.69) is 40.6 Å². The molecule has 1 heterocycles. The van der Waals surface area contributed by atoms with Crippen molar-refractivity contribution < 1.29 is 4.74 Å². The van der Waals surface area contributed by atoms with Gasteiger partial charge in [0.25, 0.3) is 0 Å². The zero-order valence-corrected chi connectivity index (χ0v) is 13.7. The van der Waals surface area contributed by atoms with Gasteiger partial charge < -0.3 is 15.8 Å². The number of hydrogen-bond donors (Lipinski definition) is 2. The van der Waals surface area contributed by atoms with E-state index in [1.165, 1.54) is 11.1 Å². The summed E-state index contributed by atoms with van der Waals surface area (Å²) in [6, 6.07) is 17.0.